The lowest BCUT2D eigenvalue weighted by molar-refractivity contribution is -0.0261. The standard InChI is InChI=1S/C33H59N6O8P/c1-3-4-5-6-7-8-9-10-11-12-13-14-15-16-17-18-19-20-21-22-23-35-47-48(44,33(42)43)45-26-29-28(37-38-34)24-30(46-29)39-25-27(2)31(40)36-32(39)41/h25,28-30,35H,3-24,26H2,1-2H3,(H,42,43)(H,36,40,41)/t28-,29+,30+,48?/m0/s1. The Morgan fingerprint density at radius 3 is 1.96 bits per heavy atom. The molecule has 1 unspecified atom stereocenters. The zero-order valence-corrected chi connectivity index (χ0v) is 30.0. The van der Waals surface area contributed by atoms with Gasteiger partial charge in [0, 0.05) is 29.6 Å². The lowest BCUT2D eigenvalue weighted by Gasteiger charge is -2.19. The Hall–Kier alpha value is -2.47. The molecule has 0 aliphatic carbocycles. The number of carboxylic acid groups (broad SMARTS) is 1. The van der Waals surface area contributed by atoms with Crippen LogP contribution in [0.5, 0.6) is 0 Å². The highest BCUT2D eigenvalue weighted by Gasteiger charge is 2.41. The topological polar surface area (TPSA) is 198 Å². The van der Waals surface area contributed by atoms with Gasteiger partial charge in [-0.3, -0.25) is 18.9 Å². The Morgan fingerprint density at radius 1 is 0.979 bits per heavy atom. The Kier molecular flexibility index (Phi) is 21.4. The number of aromatic amines is 1. The second-order valence-corrected chi connectivity index (χ2v) is 14.7. The molecule has 0 radical (unpaired) electrons. The molecule has 14 nitrogen and oxygen atoms in total. The molecule has 2 rings (SSSR count). The van der Waals surface area contributed by atoms with E-state index in [1.807, 2.05) is 0 Å². The molecule has 0 aromatic carbocycles. The maximum absolute atomic E-state index is 12.9. The number of aryl methyl sites for hydroxylation is 1. The number of hydroxylamine groups is 1. The second kappa shape index (κ2) is 24.6. The van der Waals surface area contributed by atoms with Gasteiger partial charge in [-0.25, -0.2) is 18.8 Å². The normalized spacial score (nSPS) is 18.8. The maximum Gasteiger partial charge on any atom is 0.454 e. The fraction of sp³-hybridized carbons (Fsp3) is 0.848. The van der Waals surface area contributed by atoms with E-state index in [1.54, 1.807) is 0 Å². The van der Waals surface area contributed by atoms with Gasteiger partial charge >= 0.3 is 19.0 Å². The molecule has 3 N–H and O–H groups in total. The van der Waals surface area contributed by atoms with Crippen LogP contribution in [0.15, 0.2) is 20.9 Å². The van der Waals surface area contributed by atoms with Gasteiger partial charge in [0.05, 0.1) is 18.8 Å². The number of carbonyl (C=O) groups is 1. The van der Waals surface area contributed by atoms with Crippen LogP contribution in [-0.4, -0.2) is 45.7 Å². The van der Waals surface area contributed by atoms with E-state index in [2.05, 4.69) is 27.4 Å². The average Bonchev–Trinajstić information content (AvgIpc) is 3.46. The number of nitrogens with zero attached hydrogens (tertiary/aromatic N) is 4. The molecule has 0 spiro atoms. The van der Waals surface area contributed by atoms with Crippen molar-refractivity contribution in [3.8, 4) is 0 Å². The summed E-state index contributed by atoms with van der Waals surface area (Å²) in [5.74, 6) is 0. The lowest BCUT2D eigenvalue weighted by Crippen LogP contribution is -2.33. The fourth-order valence-corrected chi connectivity index (χ4v) is 6.74. The number of aromatic nitrogens is 2. The minimum absolute atomic E-state index is 0.0550. The minimum atomic E-state index is -4.63. The third-order valence-electron chi connectivity index (χ3n) is 8.82. The summed E-state index contributed by atoms with van der Waals surface area (Å²) in [6.07, 6.45) is 25.0. The molecule has 1 aromatic heterocycles. The van der Waals surface area contributed by atoms with Crippen LogP contribution in [0.3, 0.4) is 0 Å². The highest BCUT2D eigenvalue weighted by Crippen LogP contribution is 2.48. The Morgan fingerprint density at radius 2 is 1.48 bits per heavy atom. The highest BCUT2D eigenvalue weighted by atomic mass is 31.2. The number of H-pyrrole nitrogens is 1. The molecule has 1 aliphatic rings. The lowest BCUT2D eigenvalue weighted by atomic mass is 10.0. The quantitative estimate of drug-likeness (QED) is 0.0182. The molecule has 1 aromatic rings. The Balaban J connectivity index is 1.53. The van der Waals surface area contributed by atoms with Gasteiger partial charge in [-0.15, -0.1) is 0 Å². The van der Waals surface area contributed by atoms with Crippen molar-refractivity contribution in [2.75, 3.05) is 13.2 Å². The van der Waals surface area contributed by atoms with Gasteiger partial charge in [0.15, 0.2) is 0 Å². The van der Waals surface area contributed by atoms with Crippen LogP contribution in [0.2, 0.25) is 0 Å². The predicted molar refractivity (Wildman–Crippen MR) is 186 cm³/mol. The van der Waals surface area contributed by atoms with Crippen LogP contribution in [0.4, 0.5) is 4.79 Å². The van der Waals surface area contributed by atoms with E-state index in [-0.39, 0.29) is 12.0 Å². The number of azide groups is 1. The van der Waals surface area contributed by atoms with Crippen molar-refractivity contribution in [3.63, 3.8) is 0 Å². The molecule has 1 saturated heterocycles. The molecule has 0 amide bonds. The number of hydrogen-bond donors (Lipinski definition) is 3. The minimum Gasteiger partial charge on any atom is -0.472 e. The third kappa shape index (κ3) is 16.3. The summed E-state index contributed by atoms with van der Waals surface area (Å²) in [7, 11) is -4.63. The molecule has 2 heterocycles. The summed E-state index contributed by atoms with van der Waals surface area (Å²) >= 11 is 0. The highest BCUT2D eigenvalue weighted by molar-refractivity contribution is 7.71. The van der Waals surface area contributed by atoms with Gasteiger partial charge in [-0.2, -0.15) is 5.48 Å². The van der Waals surface area contributed by atoms with E-state index in [9.17, 15) is 24.1 Å². The fourth-order valence-electron chi connectivity index (χ4n) is 5.90. The van der Waals surface area contributed by atoms with Crippen molar-refractivity contribution in [1.29, 1.82) is 0 Å². The second-order valence-electron chi connectivity index (χ2n) is 12.9. The monoisotopic (exact) mass is 698 g/mol. The van der Waals surface area contributed by atoms with Crippen molar-refractivity contribution in [1.82, 2.24) is 15.0 Å². The Bertz CT molecular complexity index is 1270. The Labute approximate surface area is 284 Å². The molecular formula is C33H59N6O8P. The molecule has 1 aliphatic heterocycles. The molecule has 48 heavy (non-hydrogen) atoms. The van der Waals surface area contributed by atoms with Crippen LogP contribution < -0.4 is 16.7 Å². The van der Waals surface area contributed by atoms with Crippen molar-refractivity contribution >= 4 is 13.3 Å². The predicted octanol–water partition coefficient (Wildman–Crippen LogP) is 9.04. The average molecular weight is 699 g/mol. The van der Waals surface area contributed by atoms with E-state index < -0.39 is 49.5 Å². The number of hydrogen-bond acceptors (Lipinski definition) is 9. The van der Waals surface area contributed by atoms with Gasteiger partial charge in [0.1, 0.15) is 6.23 Å². The molecule has 1 fully saturated rings. The van der Waals surface area contributed by atoms with Crippen molar-refractivity contribution < 1.29 is 28.4 Å². The smallest absolute Gasteiger partial charge is 0.454 e. The summed E-state index contributed by atoms with van der Waals surface area (Å²) in [5.41, 5.74) is 8.65. The van der Waals surface area contributed by atoms with E-state index in [1.165, 1.54) is 116 Å². The molecule has 15 heteroatoms. The summed E-state index contributed by atoms with van der Waals surface area (Å²) in [6.45, 7) is 3.56. The first-order valence-corrected chi connectivity index (χ1v) is 19.7. The number of nitrogens with one attached hydrogen (secondary N) is 2. The molecular weight excluding hydrogens is 639 g/mol. The summed E-state index contributed by atoms with van der Waals surface area (Å²) in [5, 5.41) is 13.2. The molecule has 274 valence electrons. The largest absolute Gasteiger partial charge is 0.472 e. The van der Waals surface area contributed by atoms with Gasteiger partial charge < -0.3 is 9.84 Å². The van der Waals surface area contributed by atoms with Crippen molar-refractivity contribution in [2.24, 2.45) is 5.11 Å². The number of unbranched alkanes of at least 4 members (excludes halogenated alkanes) is 19. The number of rotatable bonds is 29. The first kappa shape index (κ1) is 41.7. The van der Waals surface area contributed by atoms with E-state index >= 15 is 0 Å². The van der Waals surface area contributed by atoms with Crippen LogP contribution in [0.1, 0.15) is 154 Å². The summed E-state index contributed by atoms with van der Waals surface area (Å²) < 4.78 is 29.9. The number of ether oxygens (including phenoxy) is 1. The summed E-state index contributed by atoms with van der Waals surface area (Å²) in [6, 6.07) is -0.844. The summed E-state index contributed by atoms with van der Waals surface area (Å²) in [4.78, 5) is 40.6. The van der Waals surface area contributed by atoms with Gasteiger partial charge in [-0.05, 0) is 18.9 Å². The van der Waals surface area contributed by atoms with E-state index in [0.717, 1.165) is 30.3 Å². The van der Waals surface area contributed by atoms with E-state index in [4.69, 9.17) is 19.4 Å². The van der Waals surface area contributed by atoms with Crippen molar-refractivity contribution in [3.05, 3.63) is 43.0 Å². The molecule has 4 atom stereocenters. The van der Waals surface area contributed by atoms with Crippen molar-refractivity contribution in [2.45, 2.75) is 167 Å². The first-order chi connectivity index (χ1) is 23.2. The van der Waals surface area contributed by atoms with Gasteiger partial charge in [-0.1, -0.05) is 134 Å². The van der Waals surface area contributed by atoms with Crippen LogP contribution in [-0.2, 0) is 18.5 Å². The van der Waals surface area contributed by atoms with Crippen LogP contribution in [0, 0.1) is 6.92 Å². The molecule has 0 bridgehead atoms. The zero-order valence-electron chi connectivity index (χ0n) is 29.1. The van der Waals surface area contributed by atoms with Crippen LogP contribution in [0.25, 0.3) is 10.4 Å². The zero-order chi connectivity index (χ0) is 35.0. The molecule has 0 saturated carbocycles. The first-order valence-electron chi connectivity index (χ1n) is 18.1. The third-order valence-corrected chi connectivity index (χ3v) is 10.1. The van der Waals surface area contributed by atoms with E-state index in [0.29, 0.717) is 6.54 Å². The maximum atomic E-state index is 12.9. The SMILES string of the molecule is CCCCCCCCCCCCCCCCCCCCCCNOP(=O)(OC[C@H]1O[C@@H](n2cc(C)c(=O)[nH]c2=O)C[C@@H]1N=[N+]=[N-])C(=O)O. The van der Waals surface area contributed by atoms with Gasteiger partial charge in [0.25, 0.3) is 5.56 Å². The van der Waals surface area contributed by atoms with Crippen LogP contribution >= 0.6 is 7.60 Å². The van der Waals surface area contributed by atoms with Gasteiger partial charge in [0.2, 0.25) is 0 Å².